The molecule has 0 bridgehead atoms. The van der Waals surface area contributed by atoms with E-state index in [-0.39, 0.29) is 5.54 Å². The van der Waals surface area contributed by atoms with Gasteiger partial charge in [-0.05, 0) is 32.9 Å². The number of nitrogens with zero attached hydrogens (tertiary/aromatic N) is 1. The van der Waals surface area contributed by atoms with Crippen molar-refractivity contribution in [1.29, 1.82) is 0 Å². The monoisotopic (exact) mass is 153 g/mol. The number of H-pyrrole nitrogens is 1. The summed E-state index contributed by atoms with van der Waals surface area (Å²) in [5.41, 5.74) is 1.40. The average Bonchev–Trinajstić information content (AvgIpc) is 2.39. The van der Waals surface area contributed by atoms with Gasteiger partial charge < -0.3 is 5.32 Å². The fourth-order valence-corrected chi connectivity index (χ4v) is 0.973. The summed E-state index contributed by atoms with van der Waals surface area (Å²) in [6.07, 6.45) is 4.79. The number of hydrogen-bond acceptors (Lipinski definition) is 2. The lowest BCUT2D eigenvalue weighted by molar-refractivity contribution is 0.422. The molecule has 1 aromatic rings. The standard InChI is InChI=1S/C8H15N3/c1-8(2,9-3)4-7-5-10-11-6-7/h5-6,9H,4H2,1-3H3,(H,10,11). The Hall–Kier alpha value is -0.830. The number of likely N-dealkylation sites (N-methyl/N-ethyl adjacent to an activating group) is 1. The molecule has 1 rings (SSSR count). The van der Waals surface area contributed by atoms with Crippen LogP contribution in [0, 0.1) is 0 Å². The first-order valence-electron chi connectivity index (χ1n) is 3.80. The highest BCUT2D eigenvalue weighted by Crippen LogP contribution is 2.09. The molecule has 0 saturated heterocycles. The van der Waals surface area contributed by atoms with Crippen molar-refractivity contribution in [3.05, 3.63) is 18.0 Å². The van der Waals surface area contributed by atoms with Crippen LogP contribution in [0.3, 0.4) is 0 Å². The van der Waals surface area contributed by atoms with Crippen molar-refractivity contribution in [3.63, 3.8) is 0 Å². The molecule has 0 aliphatic rings. The lowest BCUT2D eigenvalue weighted by Crippen LogP contribution is -2.38. The molecular formula is C8H15N3. The minimum Gasteiger partial charge on any atom is -0.314 e. The first kappa shape index (κ1) is 8.27. The molecule has 0 saturated carbocycles. The van der Waals surface area contributed by atoms with Gasteiger partial charge in [0.05, 0.1) is 6.20 Å². The van der Waals surface area contributed by atoms with Gasteiger partial charge in [-0.1, -0.05) is 0 Å². The fraction of sp³-hybridized carbons (Fsp3) is 0.625. The number of hydrogen-bond donors (Lipinski definition) is 2. The van der Waals surface area contributed by atoms with E-state index in [9.17, 15) is 0 Å². The fourth-order valence-electron chi connectivity index (χ4n) is 0.973. The molecule has 0 spiro atoms. The zero-order valence-electron chi connectivity index (χ0n) is 7.31. The van der Waals surface area contributed by atoms with Crippen LogP contribution in [0.15, 0.2) is 12.4 Å². The Labute approximate surface area is 67.2 Å². The van der Waals surface area contributed by atoms with Crippen molar-refractivity contribution in [2.45, 2.75) is 25.8 Å². The van der Waals surface area contributed by atoms with E-state index in [1.165, 1.54) is 5.56 Å². The second kappa shape index (κ2) is 3.05. The molecule has 62 valence electrons. The maximum atomic E-state index is 3.89. The van der Waals surface area contributed by atoms with Crippen LogP contribution >= 0.6 is 0 Å². The number of rotatable bonds is 3. The molecule has 2 N–H and O–H groups in total. The Bertz CT molecular complexity index is 201. The number of nitrogens with one attached hydrogen (secondary N) is 2. The topological polar surface area (TPSA) is 40.7 Å². The van der Waals surface area contributed by atoms with Crippen molar-refractivity contribution < 1.29 is 0 Å². The molecule has 0 atom stereocenters. The molecule has 0 unspecified atom stereocenters. The first-order chi connectivity index (χ1) is 5.14. The van der Waals surface area contributed by atoms with E-state index in [2.05, 4.69) is 29.4 Å². The van der Waals surface area contributed by atoms with Gasteiger partial charge in [-0.2, -0.15) is 5.10 Å². The second-order valence-corrected chi connectivity index (χ2v) is 3.42. The van der Waals surface area contributed by atoms with Crippen LogP contribution in [0.5, 0.6) is 0 Å². The van der Waals surface area contributed by atoms with E-state index in [0.29, 0.717) is 0 Å². The average molecular weight is 153 g/mol. The summed E-state index contributed by atoms with van der Waals surface area (Å²) in [6.45, 7) is 4.33. The van der Waals surface area contributed by atoms with Crippen LogP contribution in [0.4, 0.5) is 0 Å². The quantitative estimate of drug-likeness (QED) is 0.678. The minimum atomic E-state index is 0.157. The molecule has 11 heavy (non-hydrogen) atoms. The van der Waals surface area contributed by atoms with Crippen LogP contribution in [-0.2, 0) is 6.42 Å². The molecular weight excluding hydrogens is 138 g/mol. The summed E-state index contributed by atoms with van der Waals surface area (Å²) in [6, 6.07) is 0. The van der Waals surface area contributed by atoms with Gasteiger partial charge in [0.25, 0.3) is 0 Å². The SMILES string of the molecule is CNC(C)(C)Cc1cn[nH]c1. The van der Waals surface area contributed by atoms with Crippen molar-refractivity contribution >= 4 is 0 Å². The molecule has 3 heteroatoms. The van der Waals surface area contributed by atoms with E-state index < -0.39 is 0 Å². The Morgan fingerprint density at radius 1 is 1.64 bits per heavy atom. The number of aromatic amines is 1. The van der Waals surface area contributed by atoms with Gasteiger partial charge in [0.1, 0.15) is 0 Å². The maximum Gasteiger partial charge on any atom is 0.0519 e. The minimum absolute atomic E-state index is 0.157. The third-order valence-electron chi connectivity index (χ3n) is 1.88. The Kier molecular flexibility index (Phi) is 2.29. The summed E-state index contributed by atoms with van der Waals surface area (Å²) < 4.78 is 0. The molecule has 0 aliphatic carbocycles. The predicted molar refractivity (Wildman–Crippen MR) is 45.4 cm³/mol. The summed E-state index contributed by atoms with van der Waals surface area (Å²) in [7, 11) is 1.97. The van der Waals surface area contributed by atoms with E-state index >= 15 is 0 Å². The summed E-state index contributed by atoms with van der Waals surface area (Å²) in [4.78, 5) is 0. The Morgan fingerprint density at radius 2 is 2.36 bits per heavy atom. The lowest BCUT2D eigenvalue weighted by Gasteiger charge is -2.22. The molecule has 0 radical (unpaired) electrons. The smallest absolute Gasteiger partial charge is 0.0519 e. The molecule has 1 aromatic heterocycles. The molecule has 3 nitrogen and oxygen atoms in total. The van der Waals surface area contributed by atoms with Crippen molar-refractivity contribution in [1.82, 2.24) is 15.5 Å². The summed E-state index contributed by atoms with van der Waals surface area (Å²) in [5.74, 6) is 0. The Balaban J connectivity index is 2.56. The zero-order valence-corrected chi connectivity index (χ0v) is 7.31. The highest BCUT2D eigenvalue weighted by atomic mass is 15.1. The number of aromatic nitrogens is 2. The van der Waals surface area contributed by atoms with Crippen LogP contribution in [-0.4, -0.2) is 22.8 Å². The molecule has 0 amide bonds. The van der Waals surface area contributed by atoms with Crippen molar-refractivity contribution in [2.75, 3.05) is 7.05 Å². The predicted octanol–water partition coefficient (Wildman–Crippen LogP) is 0.950. The van der Waals surface area contributed by atoms with E-state index in [1.807, 2.05) is 19.4 Å². The summed E-state index contributed by atoms with van der Waals surface area (Å²) in [5, 5.41) is 9.92. The van der Waals surface area contributed by atoms with Crippen LogP contribution in [0.2, 0.25) is 0 Å². The van der Waals surface area contributed by atoms with Gasteiger partial charge in [0.15, 0.2) is 0 Å². The zero-order chi connectivity index (χ0) is 8.32. The molecule has 0 aliphatic heterocycles. The van der Waals surface area contributed by atoms with Crippen molar-refractivity contribution in [3.8, 4) is 0 Å². The van der Waals surface area contributed by atoms with Gasteiger partial charge in [0.2, 0.25) is 0 Å². The third kappa shape index (κ3) is 2.35. The Morgan fingerprint density at radius 3 is 2.82 bits per heavy atom. The lowest BCUT2D eigenvalue weighted by atomic mass is 9.97. The normalized spacial score (nSPS) is 11.9. The van der Waals surface area contributed by atoms with Gasteiger partial charge in [-0.25, -0.2) is 0 Å². The van der Waals surface area contributed by atoms with Crippen LogP contribution in [0.1, 0.15) is 19.4 Å². The largest absolute Gasteiger partial charge is 0.314 e. The maximum absolute atomic E-state index is 3.89. The molecule has 0 aromatic carbocycles. The van der Waals surface area contributed by atoms with Crippen molar-refractivity contribution in [2.24, 2.45) is 0 Å². The van der Waals surface area contributed by atoms with Gasteiger partial charge in [0, 0.05) is 11.7 Å². The highest BCUT2D eigenvalue weighted by molar-refractivity contribution is 5.07. The van der Waals surface area contributed by atoms with E-state index in [4.69, 9.17) is 0 Å². The van der Waals surface area contributed by atoms with Crippen LogP contribution < -0.4 is 5.32 Å². The van der Waals surface area contributed by atoms with Gasteiger partial charge >= 0.3 is 0 Å². The van der Waals surface area contributed by atoms with E-state index in [0.717, 1.165) is 6.42 Å². The second-order valence-electron chi connectivity index (χ2n) is 3.42. The van der Waals surface area contributed by atoms with Gasteiger partial charge in [-0.3, -0.25) is 5.10 Å². The van der Waals surface area contributed by atoms with Crippen LogP contribution in [0.25, 0.3) is 0 Å². The van der Waals surface area contributed by atoms with Gasteiger partial charge in [-0.15, -0.1) is 0 Å². The highest BCUT2D eigenvalue weighted by Gasteiger charge is 2.15. The first-order valence-corrected chi connectivity index (χ1v) is 3.80. The molecule has 0 fully saturated rings. The molecule has 1 heterocycles. The third-order valence-corrected chi connectivity index (χ3v) is 1.88. The summed E-state index contributed by atoms with van der Waals surface area (Å²) >= 11 is 0. The van der Waals surface area contributed by atoms with E-state index in [1.54, 1.807) is 0 Å².